The van der Waals surface area contributed by atoms with E-state index in [1.807, 2.05) is 11.6 Å². The van der Waals surface area contributed by atoms with E-state index in [1.165, 1.54) is 0 Å². The third-order valence-corrected chi connectivity index (χ3v) is 2.26. The molecule has 0 saturated heterocycles. The number of aromatic nitrogens is 2. The summed E-state index contributed by atoms with van der Waals surface area (Å²) in [5.41, 5.74) is 6.20. The van der Waals surface area contributed by atoms with E-state index >= 15 is 0 Å². The maximum atomic E-state index is 10.9. The molecule has 0 aliphatic carbocycles. The third kappa shape index (κ3) is 3.36. The van der Waals surface area contributed by atoms with Crippen LogP contribution in [-0.4, -0.2) is 22.0 Å². The molecule has 5 heteroatoms. The van der Waals surface area contributed by atoms with Gasteiger partial charge in [-0.15, -0.1) is 0 Å². The van der Waals surface area contributed by atoms with Gasteiger partial charge in [-0.1, -0.05) is 6.92 Å². The largest absolute Gasteiger partial charge is 0.370 e. The van der Waals surface area contributed by atoms with Crippen molar-refractivity contribution >= 4 is 5.91 Å². The molecule has 1 heterocycles. The Hall–Kier alpha value is -1.36. The van der Waals surface area contributed by atoms with Gasteiger partial charge in [0, 0.05) is 19.7 Å². The van der Waals surface area contributed by atoms with Gasteiger partial charge in [-0.25, -0.2) is 4.98 Å². The second-order valence-electron chi connectivity index (χ2n) is 3.61. The van der Waals surface area contributed by atoms with Crippen LogP contribution in [0.1, 0.15) is 31.5 Å². The molecule has 0 aromatic carbocycles. The number of rotatable bonds is 6. The lowest BCUT2D eigenvalue weighted by Gasteiger charge is -2.17. The van der Waals surface area contributed by atoms with E-state index < -0.39 is 0 Å². The van der Waals surface area contributed by atoms with Gasteiger partial charge in [-0.2, -0.15) is 0 Å². The molecule has 3 N–H and O–H groups in total. The molecule has 1 amide bonds. The molecule has 1 rings (SSSR count). The molecule has 0 aliphatic heterocycles. The fourth-order valence-corrected chi connectivity index (χ4v) is 1.50. The van der Waals surface area contributed by atoms with Gasteiger partial charge in [-0.3, -0.25) is 4.79 Å². The highest BCUT2D eigenvalue weighted by Crippen LogP contribution is 2.14. The molecule has 0 radical (unpaired) electrons. The van der Waals surface area contributed by atoms with Crippen LogP contribution < -0.4 is 11.1 Å². The lowest BCUT2D eigenvalue weighted by atomic mass is 10.1. The fourth-order valence-electron chi connectivity index (χ4n) is 1.50. The Morgan fingerprint density at radius 1 is 1.73 bits per heavy atom. The molecule has 1 aromatic rings. The second kappa shape index (κ2) is 5.50. The molecular weight excluding hydrogens is 192 g/mol. The van der Waals surface area contributed by atoms with E-state index in [1.54, 1.807) is 12.5 Å². The molecule has 0 spiro atoms. The Kier molecular flexibility index (Phi) is 4.30. The van der Waals surface area contributed by atoms with Crippen LogP contribution in [0.15, 0.2) is 12.5 Å². The van der Waals surface area contributed by atoms with E-state index in [0.717, 1.165) is 18.7 Å². The van der Waals surface area contributed by atoms with Crippen molar-refractivity contribution in [3.05, 3.63) is 18.2 Å². The zero-order valence-electron chi connectivity index (χ0n) is 9.23. The predicted octanol–water partition coefficient (Wildman–Crippen LogP) is 0.336. The van der Waals surface area contributed by atoms with Crippen molar-refractivity contribution in [2.45, 2.75) is 25.8 Å². The van der Waals surface area contributed by atoms with Gasteiger partial charge in [0.25, 0.3) is 0 Å². The fraction of sp³-hybridized carbons (Fsp3) is 0.600. The van der Waals surface area contributed by atoms with Crippen molar-refractivity contribution in [2.75, 3.05) is 6.54 Å². The van der Waals surface area contributed by atoms with Gasteiger partial charge in [0.2, 0.25) is 5.91 Å². The van der Waals surface area contributed by atoms with Gasteiger partial charge in [-0.05, 0) is 13.0 Å². The number of primary amides is 1. The number of amides is 1. The highest BCUT2D eigenvalue weighted by molar-refractivity contribution is 5.74. The molecule has 1 aromatic heterocycles. The van der Waals surface area contributed by atoms with Crippen LogP contribution >= 0.6 is 0 Å². The number of hydrogen-bond donors (Lipinski definition) is 2. The monoisotopic (exact) mass is 210 g/mol. The van der Waals surface area contributed by atoms with Crippen LogP contribution in [0.3, 0.4) is 0 Å². The number of carbonyl (C=O) groups excluding carboxylic acids is 1. The first-order valence-corrected chi connectivity index (χ1v) is 5.13. The van der Waals surface area contributed by atoms with Crippen molar-refractivity contribution in [1.29, 1.82) is 0 Å². The van der Waals surface area contributed by atoms with Crippen molar-refractivity contribution in [3.8, 4) is 0 Å². The van der Waals surface area contributed by atoms with Crippen LogP contribution in [0.4, 0.5) is 0 Å². The standard InChI is InChI=1S/C10H18N4O/c1-3-4-13-8(5-10(11)15)9-6-12-7-14(9)2/h6-8,13H,3-5H2,1-2H3,(H2,11,15). The molecule has 1 unspecified atom stereocenters. The highest BCUT2D eigenvalue weighted by Gasteiger charge is 2.16. The van der Waals surface area contributed by atoms with Gasteiger partial charge in [0.1, 0.15) is 0 Å². The molecule has 0 fully saturated rings. The Balaban J connectivity index is 2.71. The molecule has 0 bridgehead atoms. The smallest absolute Gasteiger partial charge is 0.219 e. The average molecular weight is 210 g/mol. The minimum Gasteiger partial charge on any atom is -0.370 e. The second-order valence-corrected chi connectivity index (χ2v) is 3.61. The van der Waals surface area contributed by atoms with Crippen LogP contribution in [0, 0.1) is 0 Å². The Labute approximate surface area is 89.7 Å². The topological polar surface area (TPSA) is 72.9 Å². The summed E-state index contributed by atoms with van der Waals surface area (Å²) in [4.78, 5) is 15.0. The van der Waals surface area contributed by atoms with E-state index in [2.05, 4.69) is 17.2 Å². The summed E-state index contributed by atoms with van der Waals surface area (Å²) in [6, 6.07) is -0.0325. The van der Waals surface area contributed by atoms with Crippen molar-refractivity contribution in [2.24, 2.45) is 12.8 Å². The van der Waals surface area contributed by atoms with E-state index in [-0.39, 0.29) is 11.9 Å². The number of hydrogen-bond acceptors (Lipinski definition) is 3. The number of carbonyl (C=O) groups is 1. The number of imidazole rings is 1. The zero-order chi connectivity index (χ0) is 11.3. The molecule has 1 atom stereocenters. The van der Waals surface area contributed by atoms with Crippen molar-refractivity contribution < 1.29 is 4.79 Å². The third-order valence-electron chi connectivity index (χ3n) is 2.26. The van der Waals surface area contributed by atoms with Gasteiger partial charge in [0.05, 0.1) is 18.1 Å². The summed E-state index contributed by atoms with van der Waals surface area (Å²) in [5, 5.41) is 3.28. The van der Waals surface area contributed by atoms with Crippen LogP contribution in [-0.2, 0) is 11.8 Å². The van der Waals surface area contributed by atoms with E-state index in [9.17, 15) is 4.79 Å². The number of nitrogens with zero attached hydrogens (tertiary/aromatic N) is 2. The predicted molar refractivity (Wildman–Crippen MR) is 58.1 cm³/mol. The first kappa shape index (κ1) is 11.7. The van der Waals surface area contributed by atoms with Crippen LogP contribution in [0.5, 0.6) is 0 Å². The Bertz CT molecular complexity index is 321. The Morgan fingerprint density at radius 2 is 2.47 bits per heavy atom. The summed E-state index contributed by atoms with van der Waals surface area (Å²) >= 11 is 0. The summed E-state index contributed by atoms with van der Waals surface area (Å²) in [6.07, 6.45) is 4.81. The van der Waals surface area contributed by atoms with Gasteiger partial charge in [0.15, 0.2) is 0 Å². The summed E-state index contributed by atoms with van der Waals surface area (Å²) < 4.78 is 1.90. The molecule has 0 saturated carbocycles. The minimum atomic E-state index is -0.301. The number of nitrogens with two attached hydrogens (primary N) is 1. The zero-order valence-corrected chi connectivity index (χ0v) is 9.23. The lowest BCUT2D eigenvalue weighted by Crippen LogP contribution is -2.28. The summed E-state index contributed by atoms with van der Waals surface area (Å²) in [6.45, 7) is 2.95. The summed E-state index contributed by atoms with van der Waals surface area (Å²) in [5.74, 6) is -0.301. The molecule has 15 heavy (non-hydrogen) atoms. The molecule has 84 valence electrons. The molecular formula is C10H18N4O. The van der Waals surface area contributed by atoms with Gasteiger partial charge < -0.3 is 15.6 Å². The summed E-state index contributed by atoms with van der Waals surface area (Å²) in [7, 11) is 1.91. The SMILES string of the molecule is CCCNC(CC(N)=O)c1cncn1C. The first-order chi connectivity index (χ1) is 7.15. The first-order valence-electron chi connectivity index (χ1n) is 5.13. The van der Waals surface area contributed by atoms with E-state index in [4.69, 9.17) is 5.73 Å². The number of nitrogens with one attached hydrogen (secondary N) is 1. The molecule has 5 nitrogen and oxygen atoms in total. The average Bonchev–Trinajstić information content (AvgIpc) is 2.58. The number of aryl methyl sites for hydroxylation is 1. The maximum absolute atomic E-state index is 10.9. The maximum Gasteiger partial charge on any atom is 0.219 e. The van der Waals surface area contributed by atoms with Crippen LogP contribution in [0.25, 0.3) is 0 Å². The Morgan fingerprint density at radius 3 is 2.93 bits per heavy atom. The molecule has 0 aliphatic rings. The lowest BCUT2D eigenvalue weighted by molar-refractivity contribution is -0.118. The van der Waals surface area contributed by atoms with Crippen molar-refractivity contribution in [3.63, 3.8) is 0 Å². The van der Waals surface area contributed by atoms with Crippen LogP contribution in [0.2, 0.25) is 0 Å². The normalized spacial score (nSPS) is 12.7. The highest BCUT2D eigenvalue weighted by atomic mass is 16.1. The minimum absolute atomic E-state index is 0.0325. The van der Waals surface area contributed by atoms with E-state index in [0.29, 0.717) is 6.42 Å². The van der Waals surface area contributed by atoms with Gasteiger partial charge >= 0.3 is 0 Å². The quantitative estimate of drug-likeness (QED) is 0.711. The van der Waals surface area contributed by atoms with Crippen molar-refractivity contribution in [1.82, 2.24) is 14.9 Å².